The first-order valence-corrected chi connectivity index (χ1v) is 15.7. The van der Waals surface area contributed by atoms with Crippen molar-refractivity contribution in [2.75, 3.05) is 31.3 Å². The monoisotopic (exact) mass is 613 g/mol. The first-order chi connectivity index (χ1) is 20.9. The highest BCUT2D eigenvalue weighted by molar-refractivity contribution is 8.00. The Kier molecular flexibility index (Phi) is 21.5. The number of aromatic carboxylic acids is 1. The van der Waals surface area contributed by atoms with Crippen LogP contribution in [-0.4, -0.2) is 59.5 Å². The van der Waals surface area contributed by atoms with Gasteiger partial charge in [0.05, 0.1) is 0 Å². The molecule has 0 radical (unpaired) electrons. The van der Waals surface area contributed by atoms with Gasteiger partial charge in [-0.3, -0.25) is 4.79 Å². The fourth-order valence-corrected chi connectivity index (χ4v) is 4.54. The number of thioether (sulfide) groups is 1. The van der Waals surface area contributed by atoms with Crippen molar-refractivity contribution >= 4 is 35.4 Å². The standard InChI is InChI=1S/C33H47N3O6S/c1-3-4-5-6-7-8-9-10-11-12-13-14-15-16-17-18-19-20-25-43-32(42-2)30(38)34-23-24-35-33(41)36-27-21-22-29(37)28(26-27)31(39)40/h4-5,7-8,10-11,13-14,16-17,21-22,26,32,37H,3,6,9,12,15,18-20,23-25H2,1-2H3,(H,34,38)(H,39,40)(H2,35,36,41)/b5-4-,8-7-,11-10-,14-13-,17-16-. The summed E-state index contributed by atoms with van der Waals surface area (Å²) in [6, 6.07) is 3.16. The van der Waals surface area contributed by atoms with Crippen LogP contribution in [0.1, 0.15) is 68.6 Å². The Hall–Kier alpha value is -3.76. The molecule has 0 spiro atoms. The minimum absolute atomic E-state index is 0.162. The van der Waals surface area contributed by atoms with Crippen molar-refractivity contribution in [2.24, 2.45) is 0 Å². The van der Waals surface area contributed by atoms with E-state index >= 15 is 0 Å². The molecule has 1 atom stereocenters. The second-order valence-electron chi connectivity index (χ2n) is 9.35. The molecule has 0 saturated heterocycles. The van der Waals surface area contributed by atoms with Crippen molar-refractivity contribution in [1.82, 2.24) is 10.6 Å². The molecule has 0 heterocycles. The van der Waals surface area contributed by atoms with Gasteiger partial charge >= 0.3 is 12.0 Å². The van der Waals surface area contributed by atoms with E-state index in [4.69, 9.17) is 9.84 Å². The van der Waals surface area contributed by atoms with Gasteiger partial charge in [-0.15, -0.1) is 11.8 Å². The van der Waals surface area contributed by atoms with Crippen molar-refractivity contribution in [3.63, 3.8) is 0 Å². The second-order valence-corrected chi connectivity index (χ2v) is 10.5. The Morgan fingerprint density at radius 2 is 1.44 bits per heavy atom. The molecule has 10 heteroatoms. The molecule has 0 saturated carbocycles. The number of aromatic hydroxyl groups is 1. The summed E-state index contributed by atoms with van der Waals surface area (Å²) in [5.74, 6) is -1.17. The van der Waals surface area contributed by atoms with Gasteiger partial charge in [0.25, 0.3) is 5.91 Å². The molecule has 1 unspecified atom stereocenters. The number of amides is 3. The van der Waals surface area contributed by atoms with Crippen LogP contribution in [0, 0.1) is 0 Å². The molecule has 1 aromatic carbocycles. The van der Waals surface area contributed by atoms with E-state index < -0.39 is 23.2 Å². The first kappa shape index (κ1) is 37.3. The topological polar surface area (TPSA) is 137 Å². The molecule has 5 N–H and O–H groups in total. The Balaban J connectivity index is 2.10. The number of urea groups is 1. The smallest absolute Gasteiger partial charge is 0.339 e. The Bertz CT molecular complexity index is 1110. The normalized spacial score (nSPS) is 12.6. The Labute approximate surface area is 260 Å². The zero-order chi connectivity index (χ0) is 31.5. The van der Waals surface area contributed by atoms with Gasteiger partial charge in [-0.25, -0.2) is 9.59 Å². The zero-order valence-electron chi connectivity index (χ0n) is 25.3. The van der Waals surface area contributed by atoms with Crippen LogP contribution in [-0.2, 0) is 9.53 Å². The molecule has 0 aliphatic carbocycles. The molecule has 0 fully saturated rings. The maximum Gasteiger partial charge on any atom is 0.339 e. The van der Waals surface area contributed by atoms with Gasteiger partial charge in [-0.05, 0) is 75.3 Å². The maximum atomic E-state index is 12.4. The lowest BCUT2D eigenvalue weighted by Crippen LogP contribution is -2.40. The van der Waals surface area contributed by atoms with Crippen LogP contribution in [0.2, 0.25) is 0 Å². The van der Waals surface area contributed by atoms with E-state index in [0.717, 1.165) is 63.2 Å². The molecule has 3 amide bonds. The van der Waals surface area contributed by atoms with Crippen LogP contribution in [0.3, 0.4) is 0 Å². The van der Waals surface area contributed by atoms with Crippen molar-refractivity contribution in [1.29, 1.82) is 0 Å². The summed E-state index contributed by atoms with van der Waals surface area (Å²) in [6.07, 6.45) is 29.8. The number of carbonyl (C=O) groups is 3. The number of anilines is 1. The number of allylic oxidation sites excluding steroid dienone is 10. The van der Waals surface area contributed by atoms with Crippen LogP contribution < -0.4 is 16.0 Å². The van der Waals surface area contributed by atoms with E-state index in [1.54, 1.807) is 0 Å². The summed E-state index contributed by atoms with van der Waals surface area (Å²) in [6.45, 7) is 2.50. The van der Waals surface area contributed by atoms with Crippen molar-refractivity contribution < 1.29 is 29.3 Å². The van der Waals surface area contributed by atoms with E-state index in [0.29, 0.717) is 0 Å². The minimum atomic E-state index is -1.31. The largest absolute Gasteiger partial charge is 0.507 e. The van der Waals surface area contributed by atoms with Gasteiger partial charge in [0, 0.05) is 25.9 Å². The SMILES string of the molecule is CC/C=C\C/C=C\C/C=C\C/C=C\C/C=C\CCCCSC(OC)C(=O)NCCNC(=O)Nc1ccc(O)c(C(=O)O)c1. The van der Waals surface area contributed by atoms with Crippen molar-refractivity contribution in [3.05, 3.63) is 84.5 Å². The summed E-state index contributed by atoms with van der Waals surface area (Å²) in [7, 11) is 1.49. The molecule has 9 nitrogen and oxygen atoms in total. The van der Waals surface area contributed by atoms with E-state index in [1.165, 1.54) is 31.0 Å². The van der Waals surface area contributed by atoms with Crippen molar-refractivity contribution in [2.45, 2.75) is 63.7 Å². The van der Waals surface area contributed by atoms with Crippen LogP contribution >= 0.6 is 11.8 Å². The molecule has 0 aliphatic rings. The molecule has 236 valence electrons. The average molecular weight is 614 g/mol. The van der Waals surface area contributed by atoms with E-state index in [2.05, 4.69) is 83.6 Å². The van der Waals surface area contributed by atoms with Crippen LogP contribution in [0.15, 0.2) is 79.0 Å². The lowest BCUT2D eigenvalue weighted by Gasteiger charge is -2.15. The molecule has 1 rings (SSSR count). The number of carboxylic acids is 1. The number of benzene rings is 1. The third kappa shape index (κ3) is 19.1. The number of methoxy groups -OCH3 is 1. The molecular formula is C33H47N3O6S. The molecule has 0 aromatic heterocycles. The number of hydrogen-bond donors (Lipinski definition) is 5. The summed E-state index contributed by atoms with van der Waals surface area (Å²) in [5, 5.41) is 26.4. The third-order valence-electron chi connectivity index (χ3n) is 5.81. The van der Waals surface area contributed by atoms with Gasteiger partial charge in [-0.2, -0.15) is 0 Å². The van der Waals surface area contributed by atoms with E-state index in [-0.39, 0.29) is 30.2 Å². The fraction of sp³-hybridized carbons (Fsp3) is 0.424. The maximum absolute atomic E-state index is 12.4. The quantitative estimate of drug-likeness (QED) is 0.0413. The summed E-state index contributed by atoms with van der Waals surface area (Å²) < 4.78 is 5.30. The van der Waals surface area contributed by atoms with Gasteiger partial charge in [0.1, 0.15) is 11.3 Å². The lowest BCUT2D eigenvalue weighted by atomic mass is 10.2. The molecular weight excluding hydrogens is 566 g/mol. The molecule has 43 heavy (non-hydrogen) atoms. The lowest BCUT2D eigenvalue weighted by molar-refractivity contribution is -0.126. The highest BCUT2D eigenvalue weighted by Gasteiger charge is 2.17. The number of rotatable bonds is 22. The van der Waals surface area contributed by atoms with Gasteiger partial charge < -0.3 is 30.9 Å². The number of hydrogen-bond acceptors (Lipinski definition) is 6. The van der Waals surface area contributed by atoms with Crippen LogP contribution in [0.4, 0.5) is 10.5 Å². The fourth-order valence-electron chi connectivity index (χ4n) is 3.58. The number of unbranched alkanes of at least 4 members (excludes halogenated alkanes) is 2. The van der Waals surface area contributed by atoms with Gasteiger partial charge in [-0.1, -0.05) is 67.7 Å². The van der Waals surface area contributed by atoms with Crippen molar-refractivity contribution in [3.8, 4) is 5.75 Å². The molecule has 0 aliphatic heterocycles. The van der Waals surface area contributed by atoms with E-state index in [1.807, 2.05) is 0 Å². The number of phenols is 1. The summed E-state index contributed by atoms with van der Waals surface area (Å²) in [5.41, 5.74) is -0.731. The number of carboxylic acid groups (broad SMARTS) is 1. The zero-order valence-corrected chi connectivity index (χ0v) is 26.1. The highest BCUT2D eigenvalue weighted by atomic mass is 32.2. The average Bonchev–Trinajstić information content (AvgIpc) is 2.99. The Morgan fingerprint density at radius 1 is 0.860 bits per heavy atom. The number of nitrogens with one attached hydrogen (secondary N) is 3. The first-order valence-electron chi connectivity index (χ1n) is 14.7. The number of ether oxygens (including phenoxy) is 1. The van der Waals surface area contributed by atoms with Crippen LogP contribution in [0.25, 0.3) is 0 Å². The second kappa shape index (κ2) is 24.8. The van der Waals surface area contributed by atoms with Crippen LogP contribution in [0.5, 0.6) is 5.75 Å². The molecule has 0 bridgehead atoms. The minimum Gasteiger partial charge on any atom is -0.507 e. The number of carbonyl (C=O) groups excluding carboxylic acids is 2. The van der Waals surface area contributed by atoms with Gasteiger partial charge in [0.15, 0.2) is 5.44 Å². The summed E-state index contributed by atoms with van der Waals surface area (Å²) in [4.78, 5) is 35.5. The third-order valence-corrected chi connectivity index (χ3v) is 7.05. The predicted octanol–water partition coefficient (Wildman–Crippen LogP) is 6.96. The van der Waals surface area contributed by atoms with E-state index in [9.17, 15) is 19.5 Å². The predicted molar refractivity (Wildman–Crippen MR) is 177 cm³/mol. The Morgan fingerprint density at radius 3 is 2.02 bits per heavy atom. The summed E-state index contributed by atoms with van der Waals surface area (Å²) >= 11 is 1.44. The molecule has 1 aromatic rings. The van der Waals surface area contributed by atoms with Gasteiger partial charge in [0.2, 0.25) is 0 Å². The highest BCUT2D eigenvalue weighted by Crippen LogP contribution is 2.21.